The molecule has 1 aromatic rings. The largest absolute Gasteiger partial charge is 0.326 e. The molecule has 3 unspecified atom stereocenters. The minimum atomic E-state index is 0.230. The second-order valence-electron chi connectivity index (χ2n) is 6.00. The fraction of sp³-hybridized carbons (Fsp3) is 0.562. The molecule has 0 saturated heterocycles. The van der Waals surface area contributed by atoms with Crippen molar-refractivity contribution in [3.05, 3.63) is 29.8 Å². The number of carbonyl (C=O) groups is 1. The summed E-state index contributed by atoms with van der Waals surface area (Å²) < 4.78 is 0. The number of hydrogen-bond acceptors (Lipinski definition) is 2. The lowest BCUT2D eigenvalue weighted by atomic mass is 9.88. The Bertz CT molecular complexity index is 454. The van der Waals surface area contributed by atoms with E-state index in [1.807, 2.05) is 19.2 Å². The third-order valence-electron chi connectivity index (χ3n) is 4.68. The molecule has 0 spiro atoms. The number of carbonyl (C=O) groups excluding carboxylic acids is 1. The molecule has 2 bridgehead atoms. The third-order valence-corrected chi connectivity index (χ3v) is 4.68. The Hall–Kier alpha value is -1.35. The molecule has 2 N–H and O–H groups in total. The van der Waals surface area contributed by atoms with Crippen LogP contribution in [0.25, 0.3) is 0 Å². The van der Waals surface area contributed by atoms with Crippen LogP contribution < -0.4 is 10.6 Å². The molecule has 3 rings (SSSR count). The highest BCUT2D eigenvalue weighted by Crippen LogP contribution is 2.48. The molecule has 1 amide bonds. The number of hydrogen-bond donors (Lipinski definition) is 2. The molecule has 19 heavy (non-hydrogen) atoms. The molecule has 0 aliphatic heterocycles. The van der Waals surface area contributed by atoms with Crippen LogP contribution in [0.3, 0.4) is 0 Å². The highest BCUT2D eigenvalue weighted by atomic mass is 16.1. The predicted octanol–water partition coefficient (Wildman–Crippen LogP) is 2.78. The standard InChI is InChI=1S/C16H22N2O/c1-17-10-11-3-6-14(7-4-11)18-16(19)15-9-12-2-5-13(15)8-12/h3-4,6-7,12-13,15,17H,2,5,8-10H2,1H3,(H,18,19). The Labute approximate surface area is 114 Å². The molecule has 1 aromatic carbocycles. The summed E-state index contributed by atoms with van der Waals surface area (Å²) in [5.74, 6) is 1.96. The quantitative estimate of drug-likeness (QED) is 0.872. The maximum Gasteiger partial charge on any atom is 0.227 e. The van der Waals surface area contributed by atoms with Crippen LogP contribution in [0, 0.1) is 17.8 Å². The van der Waals surface area contributed by atoms with Gasteiger partial charge in [-0.05, 0) is 55.8 Å². The molecule has 0 heterocycles. The average molecular weight is 258 g/mol. The zero-order valence-electron chi connectivity index (χ0n) is 11.5. The van der Waals surface area contributed by atoms with Gasteiger partial charge in [0.15, 0.2) is 0 Å². The Morgan fingerprint density at radius 2 is 2.00 bits per heavy atom. The summed E-state index contributed by atoms with van der Waals surface area (Å²) >= 11 is 0. The van der Waals surface area contributed by atoms with Crippen molar-refractivity contribution in [2.24, 2.45) is 17.8 Å². The molecule has 3 heteroatoms. The minimum absolute atomic E-state index is 0.230. The molecule has 2 aliphatic rings. The molecule has 2 fully saturated rings. The number of amides is 1. The van der Waals surface area contributed by atoms with Crippen molar-refractivity contribution in [3.63, 3.8) is 0 Å². The Kier molecular flexibility index (Phi) is 3.56. The molecule has 0 aromatic heterocycles. The van der Waals surface area contributed by atoms with E-state index in [4.69, 9.17) is 0 Å². The maximum absolute atomic E-state index is 12.3. The predicted molar refractivity (Wildman–Crippen MR) is 76.8 cm³/mol. The van der Waals surface area contributed by atoms with E-state index < -0.39 is 0 Å². The fourth-order valence-corrected chi connectivity index (χ4v) is 3.71. The van der Waals surface area contributed by atoms with Gasteiger partial charge in [-0.15, -0.1) is 0 Å². The van der Waals surface area contributed by atoms with E-state index >= 15 is 0 Å². The summed E-state index contributed by atoms with van der Waals surface area (Å²) in [7, 11) is 1.94. The number of fused-ring (bicyclic) bond motifs is 2. The first-order chi connectivity index (χ1) is 9.26. The average Bonchev–Trinajstić information content (AvgIpc) is 3.04. The van der Waals surface area contributed by atoms with Gasteiger partial charge in [0.25, 0.3) is 0 Å². The minimum Gasteiger partial charge on any atom is -0.326 e. The van der Waals surface area contributed by atoms with E-state index in [-0.39, 0.29) is 11.8 Å². The number of rotatable bonds is 4. The van der Waals surface area contributed by atoms with Crippen molar-refractivity contribution in [1.82, 2.24) is 5.32 Å². The van der Waals surface area contributed by atoms with Gasteiger partial charge in [-0.1, -0.05) is 18.6 Å². The molecule has 3 nitrogen and oxygen atoms in total. The smallest absolute Gasteiger partial charge is 0.227 e. The van der Waals surface area contributed by atoms with Crippen LogP contribution in [0.1, 0.15) is 31.2 Å². The molecule has 2 aliphatic carbocycles. The maximum atomic E-state index is 12.3. The first-order valence-corrected chi connectivity index (χ1v) is 7.30. The first-order valence-electron chi connectivity index (χ1n) is 7.30. The molecule has 2 saturated carbocycles. The van der Waals surface area contributed by atoms with Crippen LogP contribution in [-0.4, -0.2) is 13.0 Å². The fourth-order valence-electron chi connectivity index (χ4n) is 3.71. The number of benzene rings is 1. The Morgan fingerprint density at radius 1 is 1.21 bits per heavy atom. The van der Waals surface area contributed by atoms with Gasteiger partial charge in [-0.3, -0.25) is 4.79 Å². The van der Waals surface area contributed by atoms with Gasteiger partial charge in [0.1, 0.15) is 0 Å². The summed E-state index contributed by atoms with van der Waals surface area (Å²) in [6.45, 7) is 0.862. The van der Waals surface area contributed by atoms with Crippen LogP contribution in [0.5, 0.6) is 0 Å². The van der Waals surface area contributed by atoms with E-state index in [1.54, 1.807) is 0 Å². The zero-order chi connectivity index (χ0) is 13.2. The van der Waals surface area contributed by atoms with Crippen LogP contribution >= 0.6 is 0 Å². The van der Waals surface area contributed by atoms with Crippen LogP contribution in [0.2, 0.25) is 0 Å². The SMILES string of the molecule is CNCc1ccc(NC(=O)C2CC3CCC2C3)cc1. The lowest BCUT2D eigenvalue weighted by Gasteiger charge is -2.20. The van der Waals surface area contributed by atoms with Crippen molar-refractivity contribution in [2.75, 3.05) is 12.4 Å². The van der Waals surface area contributed by atoms with Crippen molar-refractivity contribution in [2.45, 2.75) is 32.2 Å². The molecule has 0 radical (unpaired) electrons. The van der Waals surface area contributed by atoms with Crippen LogP contribution in [-0.2, 0) is 11.3 Å². The van der Waals surface area contributed by atoms with E-state index in [9.17, 15) is 4.79 Å². The van der Waals surface area contributed by atoms with Crippen molar-refractivity contribution in [3.8, 4) is 0 Å². The Balaban J connectivity index is 1.60. The normalized spacial score (nSPS) is 28.6. The van der Waals surface area contributed by atoms with Gasteiger partial charge >= 0.3 is 0 Å². The molecular weight excluding hydrogens is 236 g/mol. The third kappa shape index (κ3) is 2.66. The molecule has 102 valence electrons. The van der Waals surface area contributed by atoms with E-state index in [0.717, 1.165) is 24.6 Å². The van der Waals surface area contributed by atoms with Crippen molar-refractivity contribution < 1.29 is 4.79 Å². The highest BCUT2D eigenvalue weighted by Gasteiger charge is 2.42. The Morgan fingerprint density at radius 3 is 2.58 bits per heavy atom. The molecule has 3 atom stereocenters. The monoisotopic (exact) mass is 258 g/mol. The van der Waals surface area contributed by atoms with E-state index in [2.05, 4.69) is 22.8 Å². The topological polar surface area (TPSA) is 41.1 Å². The van der Waals surface area contributed by atoms with E-state index in [1.165, 1.54) is 24.8 Å². The summed E-state index contributed by atoms with van der Waals surface area (Å²) in [5.41, 5.74) is 2.16. The van der Waals surface area contributed by atoms with Crippen LogP contribution in [0.4, 0.5) is 5.69 Å². The number of nitrogens with one attached hydrogen (secondary N) is 2. The second kappa shape index (κ2) is 5.33. The first kappa shape index (κ1) is 12.7. The molecular formula is C16H22N2O. The highest BCUT2D eigenvalue weighted by molar-refractivity contribution is 5.93. The van der Waals surface area contributed by atoms with Gasteiger partial charge in [0.2, 0.25) is 5.91 Å². The second-order valence-corrected chi connectivity index (χ2v) is 6.00. The van der Waals surface area contributed by atoms with Gasteiger partial charge in [-0.25, -0.2) is 0 Å². The van der Waals surface area contributed by atoms with E-state index in [0.29, 0.717) is 5.92 Å². The lowest BCUT2D eigenvalue weighted by Crippen LogP contribution is -2.27. The lowest BCUT2D eigenvalue weighted by molar-refractivity contribution is -0.121. The van der Waals surface area contributed by atoms with Gasteiger partial charge in [0, 0.05) is 18.2 Å². The van der Waals surface area contributed by atoms with Gasteiger partial charge in [-0.2, -0.15) is 0 Å². The zero-order valence-corrected chi connectivity index (χ0v) is 11.5. The van der Waals surface area contributed by atoms with Crippen molar-refractivity contribution >= 4 is 11.6 Å². The summed E-state index contributed by atoms with van der Waals surface area (Å²) in [5, 5.41) is 6.20. The summed E-state index contributed by atoms with van der Waals surface area (Å²) in [4.78, 5) is 12.3. The summed E-state index contributed by atoms with van der Waals surface area (Å²) in [6, 6.07) is 8.12. The van der Waals surface area contributed by atoms with Gasteiger partial charge in [0.05, 0.1) is 0 Å². The van der Waals surface area contributed by atoms with Crippen LogP contribution in [0.15, 0.2) is 24.3 Å². The van der Waals surface area contributed by atoms with Gasteiger partial charge < -0.3 is 10.6 Å². The van der Waals surface area contributed by atoms with Crippen molar-refractivity contribution in [1.29, 1.82) is 0 Å². The summed E-state index contributed by atoms with van der Waals surface area (Å²) in [6.07, 6.45) is 4.98. The number of anilines is 1.